The van der Waals surface area contributed by atoms with Crippen LogP contribution in [-0.4, -0.2) is 10.9 Å². The predicted octanol–water partition coefficient (Wildman–Crippen LogP) is 3.01. The molecule has 1 amide bonds. The van der Waals surface area contributed by atoms with E-state index in [1.807, 2.05) is 5.38 Å². The second kappa shape index (κ2) is 4.94. The molecule has 1 aliphatic carbocycles. The standard InChI is InChI=1S/C10H13ClN2OS/c11-5-8-6-15-10(12-8)13-9(14)7-3-1-2-4-7/h6-7H,1-5H2,(H,12,13,14). The van der Waals surface area contributed by atoms with Gasteiger partial charge in [-0.15, -0.1) is 22.9 Å². The monoisotopic (exact) mass is 244 g/mol. The molecule has 1 aliphatic rings. The minimum atomic E-state index is 0.114. The van der Waals surface area contributed by atoms with Crippen LogP contribution in [0.2, 0.25) is 0 Å². The third-order valence-electron chi connectivity index (χ3n) is 2.64. The van der Waals surface area contributed by atoms with Crippen molar-refractivity contribution in [1.29, 1.82) is 0 Å². The molecule has 1 heterocycles. The largest absolute Gasteiger partial charge is 0.302 e. The number of hydrogen-bond donors (Lipinski definition) is 1. The molecule has 3 nitrogen and oxygen atoms in total. The zero-order valence-electron chi connectivity index (χ0n) is 8.33. The molecule has 15 heavy (non-hydrogen) atoms. The van der Waals surface area contributed by atoms with Gasteiger partial charge in [0.05, 0.1) is 11.6 Å². The molecule has 82 valence electrons. The molecule has 1 aromatic rings. The molecule has 1 N–H and O–H groups in total. The van der Waals surface area contributed by atoms with Crippen LogP contribution in [-0.2, 0) is 10.7 Å². The van der Waals surface area contributed by atoms with Crippen molar-refractivity contribution in [3.8, 4) is 0 Å². The van der Waals surface area contributed by atoms with Crippen LogP contribution in [0.15, 0.2) is 5.38 Å². The minimum Gasteiger partial charge on any atom is -0.302 e. The average Bonchev–Trinajstić information content (AvgIpc) is 2.87. The second-order valence-corrected chi connectivity index (χ2v) is 4.87. The fraction of sp³-hybridized carbons (Fsp3) is 0.600. The summed E-state index contributed by atoms with van der Waals surface area (Å²) in [6.45, 7) is 0. The number of anilines is 1. The van der Waals surface area contributed by atoms with E-state index in [1.54, 1.807) is 0 Å². The number of thiazole rings is 1. The van der Waals surface area contributed by atoms with E-state index in [0.29, 0.717) is 11.0 Å². The Bertz CT molecular complexity index is 347. The molecular formula is C10H13ClN2OS. The van der Waals surface area contributed by atoms with Crippen LogP contribution < -0.4 is 5.32 Å². The molecule has 0 radical (unpaired) electrons. The van der Waals surface area contributed by atoms with Gasteiger partial charge in [-0.3, -0.25) is 4.79 Å². The zero-order chi connectivity index (χ0) is 10.7. The molecule has 0 unspecified atom stereocenters. The Morgan fingerprint density at radius 3 is 2.93 bits per heavy atom. The van der Waals surface area contributed by atoms with E-state index in [-0.39, 0.29) is 11.8 Å². The van der Waals surface area contributed by atoms with E-state index in [2.05, 4.69) is 10.3 Å². The maximum Gasteiger partial charge on any atom is 0.229 e. The predicted molar refractivity (Wildman–Crippen MR) is 62.3 cm³/mol. The van der Waals surface area contributed by atoms with E-state index in [9.17, 15) is 4.79 Å². The molecular weight excluding hydrogens is 232 g/mol. The van der Waals surface area contributed by atoms with Gasteiger partial charge in [0.25, 0.3) is 0 Å². The number of rotatable bonds is 3. The molecule has 1 aromatic heterocycles. The molecule has 1 fully saturated rings. The number of nitrogens with one attached hydrogen (secondary N) is 1. The van der Waals surface area contributed by atoms with Crippen molar-refractivity contribution in [3.05, 3.63) is 11.1 Å². The van der Waals surface area contributed by atoms with Gasteiger partial charge in [0.2, 0.25) is 5.91 Å². The van der Waals surface area contributed by atoms with Crippen molar-refractivity contribution in [1.82, 2.24) is 4.98 Å². The fourth-order valence-corrected chi connectivity index (χ4v) is 2.76. The molecule has 1 saturated carbocycles. The number of amides is 1. The lowest BCUT2D eigenvalue weighted by atomic mass is 10.1. The molecule has 0 aromatic carbocycles. The van der Waals surface area contributed by atoms with E-state index in [0.717, 1.165) is 18.5 Å². The van der Waals surface area contributed by atoms with Crippen molar-refractivity contribution < 1.29 is 4.79 Å². The van der Waals surface area contributed by atoms with E-state index in [4.69, 9.17) is 11.6 Å². The summed E-state index contributed by atoms with van der Waals surface area (Å²) in [5.41, 5.74) is 0.823. The SMILES string of the molecule is O=C(Nc1nc(CCl)cs1)C1CCCC1. The highest BCUT2D eigenvalue weighted by Crippen LogP contribution is 2.26. The minimum absolute atomic E-state index is 0.114. The molecule has 0 bridgehead atoms. The highest BCUT2D eigenvalue weighted by atomic mass is 35.5. The van der Waals surface area contributed by atoms with Crippen LogP contribution in [0, 0.1) is 5.92 Å². The molecule has 0 atom stereocenters. The number of carbonyl (C=O) groups is 1. The fourth-order valence-electron chi connectivity index (χ4n) is 1.82. The third-order valence-corrected chi connectivity index (χ3v) is 3.73. The maximum absolute atomic E-state index is 11.7. The first-order valence-electron chi connectivity index (χ1n) is 5.11. The lowest BCUT2D eigenvalue weighted by Gasteiger charge is -2.07. The lowest BCUT2D eigenvalue weighted by molar-refractivity contribution is -0.119. The highest BCUT2D eigenvalue weighted by molar-refractivity contribution is 7.13. The van der Waals surface area contributed by atoms with Crippen molar-refractivity contribution in [3.63, 3.8) is 0 Å². The topological polar surface area (TPSA) is 42.0 Å². The Kier molecular flexibility index (Phi) is 3.59. The number of nitrogens with zero attached hydrogens (tertiary/aromatic N) is 1. The summed E-state index contributed by atoms with van der Waals surface area (Å²) < 4.78 is 0. The van der Waals surface area contributed by atoms with E-state index >= 15 is 0 Å². The number of hydrogen-bond acceptors (Lipinski definition) is 3. The summed E-state index contributed by atoms with van der Waals surface area (Å²) in [7, 11) is 0. The van der Waals surface area contributed by atoms with Crippen LogP contribution in [0.3, 0.4) is 0 Å². The summed E-state index contributed by atoms with van der Waals surface area (Å²) in [6.07, 6.45) is 4.37. The molecule has 0 saturated heterocycles. The summed E-state index contributed by atoms with van der Waals surface area (Å²) in [4.78, 5) is 15.9. The van der Waals surface area contributed by atoms with Crippen molar-refractivity contribution >= 4 is 34.0 Å². The second-order valence-electron chi connectivity index (χ2n) is 3.75. The first-order chi connectivity index (χ1) is 7.29. The van der Waals surface area contributed by atoms with Crippen LogP contribution in [0.25, 0.3) is 0 Å². The smallest absolute Gasteiger partial charge is 0.229 e. The molecule has 0 spiro atoms. The van der Waals surface area contributed by atoms with Gasteiger partial charge in [0.1, 0.15) is 0 Å². The Hall–Kier alpha value is -0.610. The Balaban J connectivity index is 1.92. The van der Waals surface area contributed by atoms with Gasteiger partial charge in [0, 0.05) is 11.3 Å². The van der Waals surface area contributed by atoms with Gasteiger partial charge in [0.15, 0.2) is 5.13 Å². The number of alkyl halides is 1. The summed E-state index contributed by atoms with van der Waals surface area (Å²) in [5.74, 6) is 0.701. The maximum atomic E-state index is 11.7. The van der Waals surface area contributed by atoms with Crippen LogP contribution in [0.5, 0.6) is 0 Å². The third kappa shape index (κ3) is 2.69. The number of halogens is 1. The van der Waals surface area contributed by atoms with Gasteiger partial charge < -0.3 is 5.32 Å². The van der Waals surface area contributed by atoms with Gasteiger partial charge in [-0.2, -0.15) is 0 Å². The van der Waals surface area contributed by atoms with Crippen LogP contribution >= 0.6 is 22.9 Å². The molecule has 0 aliphatic heterocycles. The van der Waals surface area contributed by atoms with Crippen molar-refractivity contribution in [2.45, 2.75) is 31.6 Å². The van der Waals surface area contributed by atoms with Crippen molar-refractivity contribution in [2.75, 3.05) is 5.32 Å². The Morgan fingerprint density at radius 2 is 2.33 bits per heavy atom. The quantitative estimate of drug-likeness (QED) is 0.831. The molecule has 2 rings (SSSR count). The van der Waals surface area contributed by atoms with Gasteiger partial charge in [-0.25, -0.2) is 4.98 Å². The number of carbonyl (C=O) groups excluding carboxylic acids is 1. The average molecular weight is 245 g/mol. The normalized spacial score (nSPS) is 16.9. The number of aromatic nitrogens is 1. The Morgan fingerprint density at radius 1 is 1.60 bits per heavy atom. The van der Waals surface area contributed by atoms with Gasteiger partial charge >= 0.3 is 0 Å². The van der Waals surface area contributed by atoms with Gasteiger partial charge in [-0.1, -0.05) is 12.8 Å². The summed E-state index contributed by atoms with van der Waals surface area (Å²) in [6, 6.07) is 0. The zero-order valence-corrected chi connectivity index (χ0v) is 9.90. The van der Waals surface area contributed by atoms with Crippen LogP contribution in [0.1, 0.15) is 31.4 Å². The summed E-state index contributed by atoms with van der Waals surface area (Å²) >= 11 is 7.07. The van der Waals surface area contributed by atoms with E-state index < -0.39 is 0 Å². The van der Waals surface area contributed by atoms with E-state index in [1.165, 1.54) is 24.2 Å². The Labute approximate surface area is 97.9 Å². The van der Waals surface area contributed by atoms with Crippen molar-refractivity contribution in [2.24, 2.45) is 5.92 Å². The molecule has 5 heteroatoms. The summed E-state index contributed by atoms with van der Waals surface area (Å²) in [5, 5.41) is 5.39. The first kappa shape index (κ1) is 10.9. The first-order valence-corrected chi connectivity index (χ1v) is 6.52. The van der Waals surface area contributed by atoms with Gasteiger partial charge in [-0.05, 0) is 12.8 Å². The van der Waals surface area contributed by atoms with Crippen LogP contribution in [0.4, 0.5) is 5.13 Å². The highest BCUT2D eigenvalue weighted by Gasteiger charge is 2.23. The lowest BCUT2D eigenvalue weighted by Crippen LogP contribution is -2.20.